The molecule has 1 aromatic rings. The maximum absolute atomic E-state index is 12.9. The molecule has 4 heteroatoms. The fraction of sp³-hybridized carbons (Fsp3) is 0.533. The van der Waals surface area contributed by atoms with Crippen LogP contribution in [0.15, 0.2) is 18.2 Å². The third-order valence-electron chi connectivity index (χ3n) is 3.03. The van der Waals surface area contributed by atoms with E-state index in [2.05, 4.69) is 11.4 Å². The van der Waals surface area contributed by atoms with E-state index >= 15 is 0 Å². The van der Waals surface area contributed by atoms with Crippen molar-refractivity contribution in [2.75, 3.05) is 13.2 Å². The fourth-order valence-electron chi connectivity index (χ4n) is 1.96. The van der Waals surface area contributed by atoms with E-state index in [9.17, 15) is 4.39 Å². The van der Waals surface area contributed by atoms with Gasteiger partial charge in [0.2, 0.25) is 0 Å². The number of halogens is 1. The van der Waals surface area contributed by atoms with Crippen molar-refractivity contribution in [1.82, 2.24) is 5.32 Å². The van der Waals surface area contributed by atoms with Crippen LogP contribution in [0.5, 0.6) is 5.75 Å². The van der Waals surface area contributed by atoms with Gasteiger partial charge in [0.1, 0.15) is 17.1 Å². The number of rotatable bonds is 7. The lowest BCUT2D eigenvalue weighted by molar-refractivity contribution is 0.284. The van der Waals surface area contributed by atoms with Gasteiger partial charge in [-0.25, -0.2) is 4.39 Å². The molecule has 1 N–H and O–H groups in total. The largest absolute Gasteiger partial charge is 0.493 e. The maximum Gasteiger partial charge on any atom is 0.123 e. The summed E-state index contributed by atoms with van der Waals surface area (Å²) in [5, 5.41) is 12.3. The van der Waals surface area contributed by atoms with Crippen LogP contribution in [0.2, 0.25) is 0 Å². The molecule has 3 nitrogen and oxygen atoms in total. The molecule has 0 saturated heterocycles. The number of benzene rings is 1. The molecule has 19 heavy (non-hydrogen) atoms. The van der Waals surface area contributed by atoms with E-state index in [0.29, 0.717) is 12.4 Å². The van der Waals surface area contributed by atoms with Crippen molar-refractivity contribution in [2.45, 2.75) is 39.2 Å². The smallest absolute Gasteiger partial charge is 0.123 e. The highest BCUT2D eigenvalue weighted by Gasteiger charge is 2.21. The number of hydrogen-bond acceptors (Lipinski definition) is 3. The van der Waals surface area contributed by atoms with E-state index in [-0.39, 0.29) is 5.82 Å². The molecule has 0 spiro atoms. The molecule has 0 heterocycles. The summed E-state index contributed by atoms with van der Waals surface area (Å²) in [5.41, 5.74) is 0.283. The Hall–Kier alpha value is -1.60. The maximum atomic E-state index is 12.9. The molecule has 0 radical (unpaired) electrons. The lowest BCUT2D eigenvalue weighted by Crippen LogP contribution is -2.40. The van der Waals surface area contributed by atoms with Gasteiger partial charge in [-0.2, -0.15) is 5.26 Å². The average molecular weight is 264 g/mol. The monoisotopic (exact) mass is 264 g/mol. The number of ether oxygens (including phenoxy) is 1. The van der Waals surface area contributed by atoms with Crippen LogP contribution in [-0.2, 0) is 0 Å². The second kappa shape index (κ2) is 7.10. The fourth-order valence-corrected chi connectivity index (χ4v) is 1.96. The van der Waals surface area contributed by atoms with Gasteiger partial charge in [0.25, 0.3) is 0 Å². The first-order valence-corrected chi connectivity index (χ1v) is 6.56. The summed E-state index contributed by atoms with van der Waals surface area (Å²) in [6.07, 6.45) is 1.49. The van der Waals surface area contributed by atoms with Crippen molar-refractivity contribution in [3.8, 4) is 11.8 Å². The average Bonchev–Trinajstić information content (AvgIpc) is 2.37. The Morgan fingerprint density at radius 2 is 2.21 bits per heavy atom. The molecule has 1 unspecified atom stereocenters. The van der Waals surface area contributed by atoms with Gasteiger partial charge in [0.15, 0.2) is 0 Å². The molecule has 104 valence electrons. The van der Waals surface area contributed by atoms with Gasteiger partial charge in [-0.05, 0) is 57.0 Å². The van der Waals surface area contributed by atoms with Crippen LogP contribution in [0, 0.1) is 24.1 Å². The van der Waals surface area contributed by atoms with Crippen LogP contribution in [0.4, 0.5) is 4.39 Å². The van der Waals surface area contributed by atoms with Gasteiger partial charge >= 0.3 is 0 Å². The molecule has 0 aliphatic carbocycles. The zero-order valence-electron chi connectivity index (χ0n) is 11.8. The molecule has 0 bridgehead atoms. The van der Waals surface area contributed by atoms with Crippen molar-refractivity contribution in [2.24, 2.45) is 0 Å². The molecule has 0 amide bonds. The zero-order chi connectivity index (χ0) is 14.3. The Kier molecular flexibility index (Phi) is 5.78. The van der Waals surface area contributed by atoms with Crippen molar-refractivity contribution >= 4 is 0 Å². The van der Waals surface area contributed by atoms with Crippen LogP contribution in [0.1, 0.15) is 32.3 Å². The molecule has 0 aliphatic rings. The van der Waals surface area contributed by atoms with Gasteiger partial charge in [0.05, 0.1) is 12.7 Å². The molecular formula is C15H21FN2O. The Morgan fingerprint density at radius 3 is 2.79 bits per heavy atom. The minimum absolute atomic E-state index is 0.256. The number of aryl methyl sites for hydroxylation is 1. The first-order chi connectivity index (χ1) is 9.00. The second-order valence-electron chi connectivity index (χ2n) is 4.84. The van der Waals surface area contributed by atoms with Gasteiger partial charge in [-0.15, -0.1) is 0 Å². The van der Waals surface area contributed by atoms with Crippen LogP contribution < -0.4 is 10.1 Å². The van der Waals surface area contributed by atoms with Crippen LogP contribution in [0.3, 0.4) is 0 Å². The Balaban J connectivity index is 2.41. The summed E-state index contributed by atoms with van der Waals surface area (Å²) < 4.78 is 18.5. The Labute approximate surface area is 114 Å². The topological polar surface area (TPSA) is 45.0 Å². The van der Waals surface area contributed by atoms with Gasteiger partial charge in [0, 0.05) is 0 Å². The zero-order valence-corrected chi connectivity index (χ0v) is 11.8. The Bertz CT molecular complexity index is 456. The predicted octanol–water partition coefficient (Wildman–Crippen LogP) is 3.18. The highest BCUT2D eigenvalue weighted by molar-refractivity contribution is 5.32. The lowest BCUT2D eigenvalue weighted by atomic mass is 9.98. The van der Waals surface area contributed by atoms with E-state index in [1.807, 2.05) is 20.8 Å². The van der Waals surface area contributed by atoms with Crippen molar-refractivity contribution < 1.29 is 9.13 Å². The number of nitrogens with zero attached hydrogens (tertiary/aromatic N) is 1. The molecule has 0 saturated carbocycles. The van der Waals surface area contributed by atoms with Gasteiger partial charge in [-0.1, -0.05) is 6.92 Å². The third-order valence-corrected chi connectivity index (χ3v) is 3.03. The predicted molar refractivity (Wildman–Crippen MR) is 73.6 cm³/mol. The number of nitriles is 1. The Morgan fingerprint density at radius 1 is 1.47 bits per heavy atom. The minimum atomic E-state index is -0.504. The SMILES string of the molecule is CCNC(C)(C#N)CCCOc1ccc(F)cc1C. The molecule has 0 fully saturated rings. The van der Waals surface area contributed by atoms with Crippen molar-refractivity contribution in [3.05, 3.63) is 29.6 Å². The molecule has 0 aliphatic heterocycles. The summed E-state index contributed by atoms with van der Waals surface area (Å²) in [4.78, 5) is 0. The molecule has 1 atom stereocenters. The summed E-state index contributed by atoms with van der Waals surface area (Å²) in [7, 11) is 0. The molecule has 1 aromatic carbocycles. The first-order valence-electron chi connectivity index (χ1n) is 6.56. The second-order valence-corrected chi connectivity index (χ2v) is 4.84. The standard InChI is InChI=1S/C15H21FN2O/c1-4-18-15(3,11-17)8-5-9-19-14-7-6-13(16)10-12(14)2/h6-7,10,18H,4-5,8-9H2,1-3H3. The summed E-state index contributed by atoms with van der Waals surface area (Å²) in [6.45, 7) is 6.97. The van der Waals surface area contributed by atoms with Crippen LogP contribution in [0.25, 0.3) is 0 Å². The van der Waals surface area contributed by atoms with E-state index in [1.165, 1.54) is 12.1 Å². The normalized spacial score (nSPS) is 13.6. The summed E-state index contributed by atoms with van der Waals surface area (Å²) in [6, 6.07) is 6.76. The first kappa shape index (κ1) is 15.5. The quantitative estimate of drug-likeness (QED) is 0.769. The van der Waals surface area contributed by atoms with E-state index in [4.69, 9.17) is 10.00 Å². The highest BCUT2D eigenvalue weighted by Crippen LogP contribution is 2.19. The van der Waals surface area contributed by atoms with E-state index in [1.54, 1.807) is 6.07 Å². The highest BCUT2D eigenvalue weighted by atomic mass is 19.1. The van der Waals surface area contributed by atoms with E-state index < -0.39 is 5.54 Å². The number of nitrogens with one attached hydrogen (secondary N) is 1. The third kappa shape index (κ3) is 4.88. The molecular weight excluding hydrogens is 243 g/mol. The van der Waals surface area contributed by atoms with Crippen molar-refractivity contribution in [3.63, 3.8) is 0 Å². The van der Waals surface area contributed by atoms with Crippen LogP contribution >= 0.6 is 0 Å². The van der Waals surface area contributed by atoms with Crippen molar-refractivity contribution in [1.29, 1.82) is 5.26 Å². The summed E-state index contributed by atoms with van der Waals surface area (Å²) in [5.74, 6) is 0.442. The number of hydrogen-bond donors (Lipinski definition) is 1. The molecule has 1 rings (SSSR count). The van der Waals surface area contributed by atoms with E-state index in [0.717, 1.165) is 24.9 Å². The van der Waals surface area contributed by atoms with Gasteiger partial charge < -0.3 is 4.74 Å². The van der Waals surface area contributed by atoms with Crippen LogP contribution in [-0.4, -0.2) is 18.7 Å². The van der Waals surface area contributed by atoms with Gasteiger partial charge in [-0.3, -0.25) is 5.32 Å². The minimum Gasteiger partial charge on any atom is -0.493 e. The lowest BCUT2D eigenvalue weighted by Gasteiger charge is -2.22. The molecule has 0 aromatic heterocycles. The summed E-state index contributed by atoms with van der Waals surface area (Å²) >= 11 is 0.